The molecule has 1 N–H and O–H groups in total. The monoisotopic (exact) mass is 384 g/mol. The molecule has 0 spiro atoms. The molecule has 0 aliphatic heterocycles. The number of nitro groups is 1. The molecule has 1 atom stereocenters. The van der Waals surface area contributed by atoms with Crippen molar-refractivity contribution in [3.8, 4) is 0 Å². The molecule has 8 heteroatoms. The second-order valence-electron chi connectivity index (χ2n) is 4.62. The minimum Gasteiger partial charge on any atom is -0.258 e. The summed E-state index contributed by atoms with van der Waals surface area (Å²) in [5.41, 5.74) is 0.507. The molecule has 0 fully saturated rings. The van der Waals surface area contributed by atoms with Gasteiger partial charge in [-0.1, -0.05) is 40.2 Å². The summed E-state index contributed by atoms with van der Waals surface area (Å²) in [7, 11) is -3.86. The van der Waals surface area contributed by atoms with Crippen molar-refractivity contribution in [3.05, 3.63) is 68.7 Å². The second kappa shape index (κ2) is 6.55. The number of hydrogen-bond donors (Lipinski definition) is 1. The highest BCUT2D eigenvalue weighted by molar-refractivity contribution is 9.10. The topological polar surface area (TPSA) is 89.3 Å². The molecule has 0 radical (unpaired) electrons. The number of nitro benzene ring substituents is 1. The molecule has 116 valence electrons. The molecule has 2 rings (SSSR count). The number of rotatable bonds is 5. The summed E-state index contributed by atoms with van der Waals surface area (Å²) in [5, 5.41) is 10.8. The fourth-order valence-electron chi connectivity index (χ4n) is 1.95. The third-order valence-electron chi connectivity index (χ3n) is 3.04. The van der Waals surface area contributed by atoms with Gasteiger partial charge in [0.25, 0.3) is 5.69 Å². The molecular weight excluding hydrogens is 372 g/mol. The summed E-state index contributed by atoms with van der Waals surface area (Å²) < 4.78 is 28.0. The molecular formula is C14H13BrN2O4S. The van der Waals surface area contributed by atoms with Crippen LogP contribution in [0.3, 0.4) is 0 Å². The lowest BCUT2D eigenvalue weighted by molar-refractivity contribution is -0.385. The summed E-state index contributed by atoms with van der Waals surface area (Å²) in [6.07, 6.45) is 0. The quantitative estimate of drug-likeness (QED) is 0.631. The molecule has 0 heterocycles. The number of halogens is 1. The average Bonchev–Trinajstić information content (AvgIpc) is 2.47. The van der Waals surface area contributed by atoms with Crippen LogP contribution in [-0.2, 0) is 10.0 Å². The molecule has 6 nitrogen and oxygen atoms in total. The highest BCUT2D eigenvalue weighted by Crippen LogP contribution is 2.25. The maximum Gasteiger partial charge on any atom is 0.270 e. The SMILES string of the molecule is CC(NS(=O)(=O)c1cccc([N+](=O)[O-])c1)c1ccccc1Br. The van der Waals surface area contributed by atoms with E-state index in [4.69, 9.17) is 0 Å². The first-order valence-corrected chi connectivity index (χ1v) is 8.60. The van der Waals surface area contributed by atoms with E-state index in [-0.39, 0.29) is 10.6 Å². The molecule has 0 amide bonds. The summed E-state index contributed by atoms with van der Waals surface area (Å²) in [6.45, 7) is 1.70. The van der Waals surface area contributed by atoms with Gasteiger partial charge in [0.05, 0.1) is 9.82 Å². The first-order chi connectivity index (χ1) is 10.3. The second-order valence-corrected chi connectivity index (χ2v) is 7.19. The summed E-state index contributed by atoms with van der Waals surface area (Å²) in [4.78, 5) is 9.99. The minimum atomic E-state index is -3.86. The van der Waals surface area contributed by atoms with Crippen LogP contribution >= 0.6 is 15.9 Å². The smallest absolute Gasteiger partial charge is 0.258 e. The van der Waals surface area contributed by atoms with Crippen LogP contribution in [0.25, 0.3) is 0 Å². The molecule has 22 heavy (non-hydrogen) atoms. The third-order valence-corrected chi connectivity index (χ3v) is 5.30. The normalized spacial score (nSPS) is 12.8. The van der Waals surface area contributed by atoms with Gasteiger partial charge in [0, 0.05) is 22.6 Å². The molecule has 0 aliphatic rings. The minimum absolute atomic E-state index is 0.138. The highest BCUT2D eigenvalue weighted by atomic mass is 79.9. The predicted octanol–water partition coefficient (Wildman–Crippen LogP) is 3.40. The number of nitrogens with one attached hydrogen (secondary N) is 1. The van der Waals surface area contributed by atoms with E-state index >= 15 is 0 Å². The molecule has 0 aromatic heterocycles. The van der Waals surface area contributed by atoms with E-state index in [1.165, 1.54) is 18.2 Å². The molecule has 0 saturated heterocycles. The van der Waals surface area contributed by atoms with Crippen molar-refractivity contribution >= 4 is 31.6 Å². The van der Waals surface area contributed by atoms with Crippen LogP contribution in [0.4, 0.5) is 5.69 Å². The summed E-state index contributed by atoms with van der Waals surface area (Å²) in [6, 6.07) is 11.7. The molecule has 0 saturated carbocycles. The Labute approximate surface area is 136 Å². The van der Waals surface area contributed by atoms with Crippen molar-refractivity contribution in [2.75, 3.05) is 0 Å². The molecule has 0 bridgehead atoms. The number of non-ortho nitro benzene ring substituents is 1. The Bertz CT molecular complexity index is 808. The van der Waals surface area contributed by atoms with Crippen LogP contribution in [0, 0.1) is 10.1 Å². The van der Waals surface area contributed by atoms with Crippen LogP contribution in [0.5, 0.6) is 0 Å². The summed E-state index contributed by atoms with van der Waals surface area (Å²) in [5.74, 6) is 0. The van der Waals surface area contributed by atoms with Gasteiger partial charge in [0.15, 0.2) is 0 Å². The van der Waals surface area contributed by atoms with E-state index in [0.29, 0.717) is 0 Å². The van der Waals surface area contributed by atoms with Crippen LogP contribution < -0.4 is 4.72 Å². The van der Waals surface area contributed by atoms with E-state index in [1.54, 1.807) is 19.1 Å². The van der Waals surface area contributed by atoms with Gasteiger partial charge in [-0.25, -0.2) is 13.1 Å². The lowest BCUT2D eigenvalue weighted by atomic mass is 10.1. The van der Waals surface area contributed by atoms with Crippen molar-refractivity contribution in [1.29, 1.82) is 0 Å². The van der Waals surface area contributed by atoms with E-state index in [1.807, 2.05) is 12.1 Å². The Morgan fingerprint density at radius 1 is 1.18 bits per heavy atom. The Morgan fingerprint density at radius 3 is 2.50 bits per heavy atom. The Kier molecular flexibility index (Phi) is 4.94. The highest BCUT2D eigenvalue weighted by Gasteiger charge is 2.21. The zero-order valence-corrected chi connectivity index (χ0v) is 14.0. The maximum absolute atomic E-state index is 12.4. The fraction of sp³-hybridized carbons (Fsp3) is 0.143. The van der Waals surface area contributed by atoms with Gasteiger partial charge in [-0.05, 0) is 24.6 Å². The van der Waals surface area contributed by atoms with Crippen molar-refractivity contribution < 1.29 is 13.3 Å². The number of nitrogens with zero attached hydrogens (tertiary/aromatic N) is 1. The molecule has 2 aromatic rings. The number of hydrogen-bond acceptors (Lipinski definition) is 4. The first-order valence-electron chi connectivity index (χ1n) is 6.32. The van der Waals surface area contributed by atoms with Gasteiger partial charge in [-0.3, -0.25) is 10.1 Å². The fourth-order valence-corrected chi connectivity index (χ4v) is 3.85. The van der Waals surface area contributed by atoms with Crippen LogP contribution in [-0.4, -0.2) is 13.3 Å². The van der Waals surface area contributed by atoms with Gasteiger partial charge in [-0.15, -0.1) is 0 Å². The maximum atomic E-state index is 12.4. The largest absolute Gasteiger partial charge is 0.270 e. The number of sulfonamides is 1. The molecule has 1 unspecified atom stereocenters. The van der Waals surface area contributed by atoms with Crippen molar-refractivity contribution in [2.24, 2.45) is 0 Å². The molecule has 0 aliphatic carbocycles. The standard InChI is InChI=1S/C14H13BrN2O4S/c1-10(13-7-2-3-8-14(13)15)16-22(20,21)12-6-4-5-11(9-12)17(18)19/h2-10,16H,1H3. The average molecular weight is 385 g/mol. The van der Waals surface area contributed by atoms with Gasteiger partial charge in [0.1, 0.15) is 0 Å². The third kappa shape index (κ3) is 3.70. The lowest BCUT2D eigenvalue weighted by Gasteiger charge is -2.16. The van der Waals surface area contributed by atoms with Crippen molar-refractivity contribution in [3.63, 3.8) is 0 Å². The Balaban J connectivity index is 2.30. The van der Waals surface area contributed by atoms with Gasteiger partial charge in [0.2, 0.25) is 10.0 Å². The van der Waals surface area contributed by atoms with Gasteiger partial charge < -0.3 is 0 Å². The van der Waals surface area contributed by atoms with Crippen LogP contribution in [0.2, 0.25) is 0 Å². The van der Waals surface area contributed by atoms with E-state index in [0.717, 1.165) is 16.1 Å². The van der Waals surface area contributed by atoms with Gasteiger partial charge >= 0.3 is 0 Å². The molecule has 2 aromatic carbocycles. The van der Waals surface area contributed by atoms with E-state index in [9.17, 15) is 18.5 Å². The predicted molar refractivity (Wildman–Crippen MR) is 86.0 cm³/mol. The zero-order chi connectivity index (χ0) is 16.3. The van der Waals surface area contributed by atoms with Crippen LogP contribution in [0.1, 0.15) is 18.5 Å². The Hall–Kier alpha value is -1.77. The lowest BCUT2D eigenvalue weighted by Crippen LogP contribution is -2.27. The van der Waals surface area contributed by atoms with Crippen molar-refractivity contribution in [1.82, 2.24) is 4.72 Å². The van der Waals surface area contributed by atoms with Crippen LogP contribution in [0.15, 0.2) is 57.9 Å². The zero-order valence-electron chi connectivity index (χ0n) is 11.6. The van der Waals surface area contributed by atoms with Crippen molar-refractivity contribution in [2.45, 2.75) is 17.9 Å². The number of benzene rings is 2. The van der Waals surface area contributed by atoms with E-state index < -0.39 is 21.0 Å². The first kappa shape index (κ1) is 16.6. The van der Waals surface area contributed by atoms with Gasteiger partial charge in [-0.2, -0.15) is 0 Å². The Morgan fingerprint density at radius 2 is 1.86 bits per heavy atom. The van der Waals surface area contributed by atoms with E-state index in [2.05, 4.69) is 20.7 Å². The summed E-state index contributed by atoms with van der Waals surface area (Å²) >= 11 is 3.37.